The maximum Gasteiger partial charge on any atom is 0.120 e. The Labute approximate surface area is 120 Å². The zero-order valence-corrected chi connectivity index (χ0v) is 12.2. The number of nitrogens with zero attached hydrogens (tertiary/aromatic N) is 1. The van der Waals surface area contributed by atoms with E-state index in [9.17, 15) is 5.11 Å². The van der Waals surface area contributed by atoms with Crippen LogP contribution in [-0.2, 0) is 0 Å². The van der Waals surface area contributed by atoms with Gasteiger partial charge in [0.2, 0.25) is 0 Å². The summed E-state index contributed by atoms with van der Waals surface area (Å²) in [5, 5.41) is 10.0. The van der Waals surface area contributed by atoms with Gasteiger partial charge in [-0.3, -0.25) is 0 Å². The first-order valence-electron chi connectivity index (χ1n) is 6.82. The second-order valence-corrected chi connectivity index (χ2v) is 4.79. The van der Waals surface area contributed by atoms with Crippen LogP contribution in [-0.4, -0.2) is 19.3 Å². The SMILES string of the molecule is CCC(c1ccccc1O)N(C)c1ccc(OC)cc1. The van der Waals surface area contributed by atoms with Crippen molar-refractivity contribution in [2.75, 3.05) is 19.1 Å². The molecule has 0 aromatic heterocycles. The lowest BCUT2D eigenvalue weighted by molar-refractivity contribution is 0.414. The number of hydrogen-bond donors (Lipinski definition) is 1. The molecule has 0 aliphatic rings. The van der Waals surface area contributed by atoms with Crippen molar-refractivity contribution in [3.63, 3.8) is 0 Å². The summed E-state index contributed by atoms with van der Waals surface area (Å²) in [6, 6.07) is 15.6. The minimum Gasteiger partial charge on any atom is -0.508 e. The number of rotatable bonds is 5. The van der Waals surface area contributed by atoms with E-state index in [-0.39, 0.29) is 6.04 Å². The highest BCUT2D eigenvalue weighted by molar-refractivity contribution is 5.51. The third-order valence-electron chi connectivity index (χ3n) is 3.63. The van der Waals surface area contributed by atoms with Gasteiger partial charge < -0.3 is 14.7 Å². The Balaban J connectivity index is 2.28. The van der Waals surface area contributed by atoms with Crippen molar-refractivity contribution in [1.82, 2.24) is 0 Å². The van der Waals surface area contributed by atoms with Crippen LogP contribution in [0.5, 0.6) is 11.5 Å². The molecule has 2 rings (SSSR count). The third-order valence-corrected chi connectivity index (χ3v) is 3.63. The van der Waals surface area contributed by atoms with Crippen molar-refractivity contribution in [2.45, 2.75) is 19.4 Å². The number of anilines is 1. The molecule has 0 radical (unpaired) electrons. The lowest BCUT2D eigenvalue weighted by Gasteiger charge is -2.30. The molecular weight excluding hydrogens is 250 g/mol. The van der Waals surface area contributed by atoms with Gasteiger partial charge >= 0.3 is 0 Å². The average molecular weight is 271 g/mol. The lowest BCUT2D eigenvalue weighted by atomic mass is 10.0. The molecule has 0 bridgehead atoms. The molecule has 1 N–H and O–H groups in total. The maximum atomic E-state index is 10.0. The molecule has 2 aromatic rings. The van der Waals surface area contributed by atoms with Gasteiger partial charge in [-0.15, -0.1) is 0 Å². The maximum absolute atomic E-state index is 10.0. The highest BCUT2D eigenvalue weighted by Gasteiger charge is 2.18. The highest BCUT2D eigenvalue weighted by Crippen LogP contribution is 2.33. The van der Waals surface area contributed by atoms with Crippen LogP contribution in [0.15, 0.2) is 48.5 Å². The summed E-state index contributed by atoms with van der Waals surface area (Å²) in [5.74, 6) is 1.19. The average Bonchev–Trinajstić information content (AvgIpc) is 2.50. The summed E-state index contributed by atoms with van der Waals surface area (Å²) < 4.78 is 5.18. The van der Waals surface area contributed by atoms with Gasteiger partial charge in [0.25, 0.3) is 0 Å². The Bertz CT molecular complexity index is 551. The summed E-state index contributed by atoms with van der Waals surface area (Å²) in [7, 11) is 3.71. The summed E-state index contributed by atoms with van der Waals surface area (Å²) in [4.78, 5) is 2.18. The Hall–Kier alpha value is -2.16. The molecule has 1 unspecified atom stereocenters. The number of methoxy groups -OCH3 is 1. The summed E-state index contributed by atoms with van der Waals surface area (Å²) in [6.45, 7) is 2.12. The monoisotopic (exact) mass is 271 g/mol. The van der Waals surface area contributed by atoms with Crippen LogP contribution in [0.2, 0.25) is 0 Å². The molecule has 3 heteroatoms. The largest absolute Gasteiger partial charge is 0.508 e. The van der Waals surface area contributed by atoms with Gasteiger partial charge in [-0.25, -0.2) is 0 Å². The number of hydrogen-bond acceptors (Lipinski definition) is 3. The molecule has 0 saturated carbocycles. The topological polar surface area (TPSA) is 32.7 Å². The van der Waals surface area contributed by atoms with Crippen molar-refractivity contribution >= 4 is 5.69 Å². The van der Waals surface area contributed by atoms with Crippen LogP contribution in [0.25, 0.3) is 0 Å². The van der Waals surface area contributed by atoms with Gasteiger partial charge in [0, 0.05) is 18.3 Å². The fourth-order valence-electron chi connectivity index (χ4n) is 2.47. The molecule has 20 heavy (non-hydrogen) atoms. The molecule has 0 aliphatic heterocycles. The molecule has 2 aromatic carbocycles. The molecule has 0 spiro atoms. The van der Waals surface area contributed by atoms with E-state index in [1.54, 1.807) is 13.2 Å². The molecule has 0 amide bonds. The van der Waals surface area contributed by atoms with Gasteiger partial charge in [-0.2, -0.15) is 0 Å². The zero-order valence-electron chi connectivity index (χ0n) is 12.2. The minimum atomic E-state index is 0.143. The van der Waals surface area contributed by atoms with Crippen molar-refractivity contribution in [3.05, 3.63) is 54.1 Å². The number of benzene rings is 2. The van der Waals surface area contributed by atoms with E-state index in [0.29, 0.717) is 5.75 Å². The molecule has 106 valence electrons. The van der Waals surface area contributed by atoms with E-state index in [0.717, 1.165) is 23.4 Å². The second-order valence-electron chi connectivity index (χ2n) is 4.79. The molecular formula is C17H21NO2. The van der Waals surface area contributed by atoms with Gasteiger partial charge in [0.05, 0.1) is 13.2 Å². The number of aromatic hydroxyl groups is 1. The normalized spacial score (nSPS) is 11.9. The number of ether oxygens (including phenoxy) is 1. The van der Waals surface area contributed by atoms with Crippen molar-refractivity contribution in [2.24, 2.45) is 0 Å². The molecule has 3 nitrogen and oxygen atoms in total. The Morgan fingerprint density at radius 3 is 2.30 bits per heavy atom. The van der Waals surface area contributed by atoms with Crippen LogP contribution in [0.4, 0.5) is 5.69 Å². The second kappa shape index (κ2) is 6.33. The van der Waals surface area contributed by atoms with Crippen LogP contribution in [0, 0.1) is 0 Å². The summed E-state index contributed by atoms with van der Waals surface area (Å²) >= 11 is 0. The molecule has 0 fully saturated rings. The van der Waals surface area contributed by atoms with Crippen LogP contribution in [0.1, 0.15) is 24.9 Å². The van der Waals surface area contributed by atoms with Gasteiger partial charge in [-0.05, 0) is 36.8 Å². The number of phenolic OH excluding ortho intramolecular Hbond substituents is 1. The zero-order chi connectivity index (χ0) is 14.5. The predicted octanol–water partition coefficient (Wildman–Crippen LogP) is 3.99. The van der Waals surface area contributed by atoms with Gasteiger partial charge in [0.1, 0.15) is 11.5 Å². The summed E-state index contributed by atoms with van der Waals surface area (Å²) in [6.07, 6.45) is 0.917. The fraction of sp³-hybridized carbons (Fsp3) is 0.294. The first kappa shape index (κ1) is 14.3. The van der Waals surface area contributed by atoms with Crippen LogP contribution >= 0.6 is 0 Å². The van der Waals surface area contributed by atoms with Crippen molar-refractivity contribution in [1.29, 1.82) is 0 Å². The van der Waals surface area contributed by atoms with E-state index in [2.05, 4.69) is 11.8 Å². The smallest absolute Gasteiger partial charge is 0.120 e. The van der Waals surface area contributed by atoms with Gasteiger partial charge in [-0.1, -0.05) is 25.1 Å². The fourth-order valence-corrected chi connectivity index (χ4v) is 2.47. The predicted molar refractivity (Wildman–Crippen MR) is 82.5 cm³/mol. The van der Waals surface area contributed by atoms with Crippen molar-refractivity contribution < 1.29 is 9.84 Å². The van der Waals surface area contributed by atoms with Crippen LogP contribution in [0.3, 0.4) is 0 Å². The standard InChI is InChI=1S/C17H21NO2/c1-4-16(15-7-5-6-8-17(15)19)18(2)13-9-11-14(20-3)12-10-13/h5-12,16,19H,4H2,1-3H3. The minimum absolute atomic E-state index is 0.143. The number of para-hydroxylation sites is 1. The van der Waals surface area contributed by atoms with E-state index in [4.69, 9.17) is 4.74 Å². The van der Waals surface area contributed by atoms with E-state index in [1.807, 2.05) is 49.5 Å². The molecule has 0 saturated heterocycles. The first-order valence-corrected chi connectivity index (χ1v) is 6.82. The quantitative estimate of drug-likeness (QED) is 0.892. The molecule has 0 heterocycles. The highest BCUT2D eigenvalue weighted by atomic mass is 16.5. The summed E-state index contributed by atoms with van der Waals surface area (Å²) in [5.41, 5.74) is 2.05. The Morgan fingerprint density at radius 2 is 1.75 bits per heavy atom. The van der Waals surface area contributed by atoms with Crippen LogP contribution < -0.4 is 9.64 Å². The molecule has 0 aliphatic carbocycles. The first-order chi connectivity index (χ1) is 9.67. The van der Waals surface area contributed by atoms with E-state index < -0.39 is 0 Å². The third kappa shape index (κ3) is 2.87. The van der Waals surface area contributed by atoms with Crippen molar-refractivity contribution in [3.8, 4) is 11.5 Å². The molecule has 1 atom stereocenters. The lowest BCUT2D eigenvalue weighted by Crippen LogP contribution is -2.23. The van der Waals surface area contributed by atoms with E-state index in [1.165, 1.54) is 0 Å². The number of phenols is 1. The Kier molecular flexibility index (Phi) is 4.51. The Morgan fingerprint density at radius 1 is 1.10 bits per heavy atom. The van der Waals surface area contributed by atoms with E-state index >= 15 is 0 Å². The van der Waals surface area contributed by atoms with Gasteiger partial charge in [0.15, 0.2) is 0 Å².